The van der Waals surface area contributed by atoms with Gasteiger partial charge in [0.25, 0.3) is 0 Å². The van der Waals surface area contributed by atoms with Gasteiger partial charge < -0.3 is 4.74 Å². The molecule has 1 atom stereocenters. The van der Waals surface area contributed by atoms with E-state index in [1.165, 1.54) is 38.5 Å². The molecule has 0 spiro atoms. The zero-order valence-electron chi connectivity index (χ0n) is 11.1. The minimum absolute atomic E-state index is 0.0146. The third-order valence-corrected chi connectivity index (χ3v) is 3.98. The van der Waals surface area contributed by atoms with Crippen molar-refractivity contribution in [2.45, 2.75) is 44.4 Å². The molecule has 1 saturated carbocycles. The quantitative estimate of drug-likeness (QED) is 0.743. The largest absolute Gasteiger partial charge is 0.496 e. The van der Waals surface area contributed by atoms with Crippen molar-refractivity contribution in [3.8, 4) is 11.8 Å². The molecule has 0 aromatic heterocycles. The van der Waals surface area contributed by atoms with E-state index in [2.05, 4.69) is 6.07 Å². The van der Waals surface area contributed by atoms with Crippen molar-refractivity contribution in [2.24, 2.45) is 5.92 Å². The van der Waals surface area contributed by atoms with E-state index in [0.29, 0.717) is 5.92 Å². The van der Waals surface area contributed by atoms with Crippen LogP contribution in [0.3, 0.4) is 0 Å². The first-order valence-electron chi connectivity index (χ1n) is 6.89. The molecule has 0 radical (unpaired) electrons. The maximum absolute atomic E-state index is 9.54. The summed E-state index contributed by atoms with van der Waals surface area (Å²) in [5.74, 6) is 1.33. The molecular weight excluding hydrogens is 222 g/mol. The minimum Gasteiger partial charge on any atom is -0.496 e. The van der Waals surface area contributed by atoms with E-state index in [0.717, 1.165) is 11.3 Å². The monoisotopic (exact) mass is 243 g/mol. The third kappa shape index (κ3) is 2.85. The lowest BCUT2D eigenvalue weighted by molar-refractivity contribution is 0.384. The zero-order valence-corrected chi connectivity index (χ0v) is 11.1. The maximum atomic E-state index is 9.54. The van der Waals surface area contributed by atoms with Crippen LogP contribution in [0.5, 0.6) is 5.75 Å². The van der Waals surface area contributed by atoms with E-state index in [1.807, 2.05) is 24.3 Å². The average molecular weight is 243 g/mol. The number of nitrogens with zero attached hydrogens (tertiary/aromatic N) is 1. The van der Waals surface area contributed by atoms with Gasteiger partial charge in [0, 0.05) is 5.56 Å². The highest BCUT2D eigenvalue weighted by atomic mass is 16.5. The molecule has 0 heterocycles. The molecular formula is C16H21NO. The van der Waals surface area contributed by atoms with Crippen molar-refractivity contribution in [1.82, 2.24) is 0 Å². The van der Waals surface area contributed by atoms with Crippen molar-refractivity contribution in [3.63, 3.8) is 0 Å². The number of benzene rings is 1. The lowest BCUT2D eigenvalue weighted by atomic mass is 9.82. The summed E-state index contributed by atoms with van der Waals surface area (Å²) in [6.07, 6.45) is 7.52. The molecule has 18 heavy (non-hydrogen) atoms. The first-order valence-corrected chi connectivity index (χ1v) is 6.89. The maximum Gasteiger partial charge on any atom is 0.123 e. The third-order valence-electron chi connectivity index (χ3n) is 3.98. The highest BCUT2D eigenvalue weighted by Gasteiger charge is 2.26. The zero-order chi connectivity index (χ0) is 12.8. The van der Waals surface area contributed by atoms with Crippen molar-refractivity contribution in [3.05, 3.63) is 29.8 Å². The van der Waals surface area contributed by atoms with Gasteiger partial charge in [0.1, 0.15) is 5.75 Å². The predicted molar refractivity (Wildman–Crippen MR) is 72.5 cm³/mol. The summed E-state index contributed by atoms with van der Waals surface area (Å²) in [7, 11) is 1.68. The molecule has 0 saturated heterocycles. The number of hydrogen-bond donors (Lipinski definition) is 0. The van der Waals surface area contributed by atoms with Gasteiger partial charge >= 0.3 is 0 Å². The molecule has 2 heteroatoms. The highest BCUT2D eigenvalue weighted by molar-refractivity contribution is 5.39. The molecule has 96 valence electrons. The van der Waals surface area contributed by atoms with Gasteiger partial charge in [0.15, 0.2) is 0 Å². The van der Waals surface area contributed by atoms with Crippen LogP contribution in [0, 0.1) is 17.2 Å². The van der Waals surface area contributed by atoms with Gasteiger partial charge in [0.05, 0.1) is 19.1 Å². The Kier molecular flexibility index (Phi) is 4.64. The summed E-state index contributed by atoms with van der Waals surface area (Å²) < 4.78 is 5.40. The van der Waals surface area contributed by atoms with Crippen LogP contribution >= 0.6 is 0 Å². The van der Waals surface area contributed by atoms with E-state index in [1.54, 1.807) is 7.11 Å². The first-order chi connectivity index (χ1) is 8.86. The van der Waals surface area contributed by atoms with E-state index in [-0.39, 0.29) is 5.92 Å². The van der Waals surface area contributed by atoms with Crippen LogP contribution in [0.1, 0.15) is 50.0 Å². The van der Waals surface area contributed by atoms with E-state index >= 15 is 0 Å². The molecule has 0 aliphatic heterocycles. The van der Waals surface area contributed by atoms with E-state index in [9.17, 15) is 5.26 Å². The van der Waals surface area contributed by atoms with Crippen molar-refractivity contribution < 1.29 is 4.74 Å². The van der Waals surface area contributed by atoms with E-state index in [4.69, 9.17) is 4.74 Å². The molecule has 0 amide bonds. The molecule has 1 aliphatic carbocycles. The molecule has 2 rings (SSSR count). The van der Waals surface area contributed by atoms with Gasteiger partial charge in [0.2, 0.25) is 0 Å². The molecule has 0 N–H and O–H groups in total. The van der Waals surface area contributed by atoms with Gasteiger partial charge in [-0.2, -0.15) is 5.26 Å². The standard InChI is InChI=1S/C16H21NO/c1-18-16-11-7-6-10-14(16)15(12-17)13-8-4-2-3-5-9-13/h6-7,10-11,13,15H,2-5,8-9H2,1H3. The fraction of sp³-hybridized carbons (Fsp3) is 0.562. The second kappa shape index (κ2) is 6.44. The van der Waals surface area contributed by atoms with Crippen LogP contribution in [0.15, 0.2) is 24.3 Å². The van der Waals surface area contributed by atoms with Crippen LogP contribution in [0.4, 0.5) is 0 Å². The fourth-order valence-corrected chi connectivity index (χ4v) is 3.00. The van der Waals surface area contributed by atoms with Gasteiger partial charge in [-0.05, 0) is 24.8 Å². The Morgan fingerprint density at radius 2 is 1.83 bits per heavy atom. The van der Waals surface area contributed by atoms with Crippen molar-refractivity contribution in [2.75, 3.05) is 7.11 Å². The van der Waals surface area contributed by atoms with Crippen LogP contribution in [-0.2, 0) is 0 Å². The number of nitriles is 1. The van der Waals surface area contributed by atoms with Crippen LogP contribution in [-0.4, -0.2) is 7.11 Å². The highest BCUT2D eigenvalue weighted by Crippen LogP contribution is 2.38. The van der Waals surface area contributed by atoms with Crippen LogP contribution in [0.25, 0.3) is 0 Å². The Balaban J connectivity index is 2.24. The SMILES string of the molecule is COc1ccccc1C(C#N)C1CCCCCC1. The summed E-state index contributed by atoms with van der Waals surface area (Å²) in [4.78, 5) is 0. The molecule has 1 aliphatic rings. The first kappa shape index (κ1) is 13.0. The number of methoxy groups -OCH3 is 1. The topological polar surface area (TPSA) is 33.0 Å². The lowest BCUT2D eigenvalue weighted by Crippen LogP contribution is -2.12. The van der Waals surface area contributed by atoms with Crippen molar-refractivity contribution >= 4 is 0 Å². The second-order valence-corrected chi connectivity index (χ2v) is 5.10. The van der Waals surface area contributed by atoms with Crippen LogP contribution in [0.2, 0.25) is 0 Å². The fourth-order valence-electron chi connectivity index (χ4n) is 3.00. The summed E-state index contributed by atoms with van der Waals surface area (Å²) in [5.41, 5.74) is 1.06. The van der Waals surface area contributed by atoms with Crippen molar-refractivity contribution in [1.29, 1.82) is 5.26 Å². The molecule has 2 nitrogen and oxygen atoms in total. The Morgan fingerprint density at radius 3 is 2.44 bits per heavy atom. The average Bonchev–Trinajstić information content (AvgIpc) is 2.69. The molecule has 1 aromatic carbocycles. The second-order valence-electron chi connectivity index (χ2n) is 5.10. The molecule has 1 fully saturated rings. The Morgan fingerprint density at radius 1 is 1.17 bits per heavy atom. The molecule has 0 bridgehead atoms. The summed E-state index contributed by atoms with van der Waals surface area (Å²) >= 11 is 0. The smallest absolute Gasteiger partial charge is 0.123 e. The molecule has 1 aromatic rings. The Bertz CT molecular complexity index is 413. The number of ether oxygens (including phenoxy) is 1. The number of rotatable bonds is 3. The summed E-state index contributed by atoms with van der Waals surface area (Å²) in [6, 6.07) is 10.5. The lowest BCUT2D eigenvalue weighted by Gasteiger charge is -2.22. The van der Waals surface area contributed by atoms with Gasteiger partial charge in [-0.1, -0.05) is 43.9 Å². The van der Waals surface area contributed by atoms with Crippen LogP contribution < -0.4 is 4.74 Å². The Labute approximate surface area is 110 Å². The van der Waals surface area contributed by atoms with E-state index < -0.39 is 0 Å². The Hall–Kier alpha value is -1.49. The minimum atomic E-state index is -0.0146. The van der Waals surface area contributed by atoms with Gasteiger partial charge in [-0.15, -0.1) is 0 Å². The number of para-hydroxylation sites is 1. The number of hydrogen-bond acceptors (Lipinski definition) is 2. The van der Waals surface area contributed by atoms with Gasteiger partial charge in [-0.25, -0.2) is 0 Å². The predicted octanol–water partition coefficient (Wildman–Crippen LogP) is 4.27. The summed E-state index contributed by atoms with van der Waals surface area (Å²) in [6.45, 7) is 0. The summed E-state index contributed by atoms with van der Waals surface area (Å²) in [5, 5.41) is 9.54. The van der Waals surface area contributed by atoms with Gasteiger partial charge in [-0.3, -0.25) is 0 Å². The molecule has 1 unspecified atom stereocenters. The normalized spacial score (nSPS) is 18.7.